The molecule has 1 saturated heterocycles. The van der Waals surface area contributed by atoms with E-state index in [1.807, 2.05) is 0 Å². The molecule has 0 aromatic heterocycles. The smallest absolute Gasteiger partial charge is 0.0614 e. The SMILES string of the molecule is CC(C)NC1(CO)CCC(N2CCCC(C)(C)C2)C1. The van der Waals surface area contributed by atoms with Crippen LogP contribution < -0.4 is 5.32 Å². The molecule has 0 amide bonds. The van der Waals surface area contributed by atoms with Crippen LogP contribution in [0.15, 0.2) is 0 Å². The summed E-state index contributed by atoms with van der Waals surface area (Å²) in [6.07, 6.45) is 6.14. The number of aliphatic hydroxyl groups excluding tert-OH is 1. The molecular weight excluding hydrogens is 236 g/mol. The van der Waals surface area contributed by atoms with Crippen LogP contribution in [0.5, 0.6) is 0 Å². The van der Waals surface area contributed by atoms with Crippen LogP contribution in [0.25, 0.3) is 0 Å². The Kier molecular flexibility index (Phi) is 4.59. The van der Waals surface area contributed by atoms with Crippen LogP contribution in [0.2, 0.25) is 0 Å². The summed E-state index contributed by atoms with van der Waals surface area (Å²) < 4.78 is 0. The van der Waals surface area contributed by atoms with Crippen molar-refractivity contribution < 1.29 is 5.11 Å². The van der Waals surface area contributed by atoms with Gasteiger partial charge in [0.15, 0.2) is 0 Å². The van der Waals surface area contributed by atoms with Gasteiger partial charge in [0.1, 0.15) is 0 Å². The third-order valence-electron chi connectivity index (χ3n) is 4.93. The van der Waals surface area contributed by atoms with Crippen molar-refractivity contribution in [2.75, 3.05) is 19.7 Å². The lowest BCUT2D eigenvalue weighted by molar-refractivity contribution is 0.0710. The van der Waals surface area contributed by atoms with Gasteiger partial charge in [-0.05, 0) is 44.1 Å². The number of hydrogen-bond acceptors (Lipinski definition) is 3. The predicted molar refractivity (Wildman–Crippen MR) is 80.3 cm³/mol. The first-order chi connectivity index (χ1) is 8.86. The summed E-state index contributed by atoms with van der Waals surface area (Å²) in [6, 6.07) is 1.11. The number of aliphatic hydroxyl groups is 1. The number of rotatable bonds is 4. The van der Waals surface area contributed by atoms with Crippen molar-refractivity contribution in [3.05, 3.63) is 0 Å². The quantitative estimate of drug-likeness (QED) is 0.822. The largest absolute Gasteiger partial charge is 0.394 e. The Morgan fingerprint density at radius 3 is 2.63 bits per heavy atom. The Bertz CT molecular complexity index is 303. The topological polar surface area (TPSA) is 35.5 Å². The van der Waals surface area contributed by atoms with Gasteiger partial charge in [0, 0.05) is 24.2 Å². The second-order valence-corrected chi connectivity index (χ2v) is 7.87. The van der Waals surface area contributed by atoms with Crippen molar-refractivity contribution in [1.82, 2.24) is 10.2 Å². The van der Waals surface area contributed by atoms with Crippen LogP contribution in [0.3, 0.4) is 0 Å². The van der Waals surface area contributed by atoms with E-state index in [4.69, 9.17) is 0 Å². The summed E-state index contributed by atoms with van der Waals surface area (Å²) >= 11 is 0. The highest BCUT2D eigenvalue weighted by atomic mass is 16.3. The zero-order chi connectivity index (χ0) is 14.1. The van der Waals surface area contributed by atoms with E-state index < -0.39 is 0 Å². The number of nitrogens with zero attached hydrogens (tertiary/aromatic N) is 1. The third kappa shape index (κ3) is 3.71. The van der Waals surface area contributed by atoms with E-state index >= 15 is 0 Å². The first kappa shape index (κ1) is 15.3. The molecule has 3 heteroatoms. The zero-order valence-electron chi connectivity index (χ0n) is 13.2. The summed E-state index contributed by atoms with van der Waals surface area (Å²) in [5, 5.41) is 13.4. The van der Waals surface area contributed by atoms with Crippen LogP contribution in [-0.2, 0) is 0 Å². The van der Waals surface area contributed by atoms with E-state index in [-0.39, 0.29) is 12.1 Å². The Hall–Kier alpha value is -0.120. The maximum Gasteiger partial charge on any atom is 0.0614 e. The normalized spacial score (nSPS) is 36.0. The minimum atomic E-state index is -0.0274. The van der Waals surface area contributed by atoms with Crippen LogP contribution in [0, 0.1) is 5.41 Å². The molecule has 19 heavy (non-hydrogen) atoms. The van der Waals surface area contributed by atoms with Crippen LogP contribution in [0.1, 0.15) is 59.8 Å². The molecule has 2 unspecified atom stereocenters. The fourth-order valence-corrected chi connectivity index (χ4v) is 4.12. The summed E-state index contributed by atoms with van der Waals surface area (Å²) in [5.41, 5.74) is 0.439. The van der Waals surface area contributed by atoms with Gasteiger partial charge in [-0.2, -0.15) is 0 Å². The molecule has 0 bridgehead atoms. The molecule has 1 aliphatic carbocycles. The molecule has 2 fully saturated rings. The molecule has 3 nitrogen and oxygen atoms in total. The molecule has 0 radical (unpaired) electrons. The van der Waals surface area contributed by atoms with Crippen LogP contribution in [-0.4, -0.2) is 47.3 Å². The van der Waals surface area contributed by atoms with E-state index in [1.54, 1.807) is 0 Å². The van der Waals surface area contributed by atoms with Gasteiger partial charge in [0.05, 0.1) is 6.61 Å². The van der Waals surface area contributed by atoms with Gasteiger partial charge in [-0.15, -0.1) is 0 Å². The molecule has 2 N–H and O–H groups in total. The Morgan fingerprint density at radius 2 is 2.05 bits per heavy atom. The monoisotopic (exact) mass is 268 g/mol. The maximum atomic E-state index is 9.80. The van der Waals surface area contributed by atoms with Crippen molar-refractivity contribution >= 4 is 0 Å². The third-order valence-corrected chi connectivity index (χ3v) is 4.93. The molecule has 112 valence electrons. The molecule has 1 saturated carbocycles. The molecule has 1 heterocycles. The van der Waals surface area contributed by atoms with Crippen molar-refractivity contribution in [3.8, 4) is 0 Å². The molecule has 2 aliphatic rings. The van der Waals surface area contributed by atoms with Gasteiger partial charge in [0.2, 0.25) is 0 Å². The standard InChI is InChI=1S/C16H32N2O/c1-13(2)17-16(12-19)8-6-14(10-16)18-9-5-7-15(3,4)11-18/h13-14,17,19H,5-12H2,1-4H3. The van der Waals surface area contributed by atoms with E-state index in [2.05, 4.69) is 37.9 Å². The van der Waals surface area contributed by atoms with Crippen LogP contribution >= 0.6 is 0 Å². The minimum Gasteiger partial charge on any atom is -0.394 e. The lowest BCUT2D eigenvalue weighted by Gasteiger charge is -2.42. The fourth-order valence-electron chi connectivity index (χ4n) is 4.12. The Labute approximate surface area is 118 Å². The molecule has 1 aliphatic heterocycles. The first-order valence-corrected chi connectivity index (χ1v) is 7.98. The first-order valence-electron chi connectivity index (χ1n) is 7.98. The van der Waals surface area contributed by atoms with Crippen molar-refractivity contribution in [1.29, 1.82) is 0 Å². The predicted octanol–water partition coefficient (Wildman–Crippen LogP) is 2.39. The van der Waals surface area contributed by atoms with Gasteiger partial charge in [-0.3, -0.25) is 4.90 Å². The van der Waals surface area contributed by atoms with Gasteiger partial charge >= 0.3 is 0 Å². The van der Waals surface area contributed by atoms with Gasteiger partial charge in [0.25, 0.3) is 0 Å². The lowest BCUT2D eigenvalue weighted by atomic mass is 9.83. The van der Waals surface area contributed by atoms with E-state index in [1.165, 1.54) is 32.4 Å². The highest BCUT2D eigenvalue weighted by Gasteiger charge is 2.42. The van der Waals surface area contributed by atoms with E-state index in [9.17, 15) is 5.11 Å². The summed E-state index contributed by atoms with van der Waals surface area (Å²) in [7, 11) is 0. The lowest BCUT2D eigenvalue weighted by Crippen LogP contribution is -2.52. The second kappa shape index (κ2) is 5.71. The Balaban J connectivity index is 1.97. The molecule has 0 spiro atoms. The highest BCUT2D eigenvalue weighted by molar-refractivity contribution is 5.01. The van der Waals surface area contributed by atoms with Gasteiger partial charge in [-0.1, -0.05) is 27.7 Å². The van der Waals surface area contributed by atoms with E-state index in [0.29, 0.717) is 17.5 Å². The fraction of sp³-hybridized carbons (Fsp3) is 1.00. The van der Waals surface area contributed by atoms with Crippen molar-refractivity contribution in [2.45, 2.75) is 77.4 Å². The highest BCUT2D eigenvalue weighted by Crippen LogP contribution is 2.37. The molecule has 2 atom stereocenters. The van der Waals surface area contributed by atoms with Gasteiger partial charge < -0.3 is 10.4 Å². The summed E-state index contributed by atoms with van der Waals surface area (Å²) in [6.45, 7) is 11.9. The molecular formula is C16H32N2O. The van der Waals surface area contributed by atoms with Gasteiger partial charge in [-0.25, -0.2) is 0 Å². The van der Waals surface area contributed by atoms with Crippen LogP contribution in [0.4, 0.5) is 0 Å². The molecule has 2 rings (SSSR count). The minimum absolute atomic E-state index is 0.0274. The molecule has 0 aromatic rings. The average Bonchev–Trinajstić information content (AvgIpc) is 2.72. The maximum absolute atomic E-state index is 9.80. The van der Waals surface area contributed by atoms with E-state index in [0.717, 1.165) is 12.8 Å². The average molecular weight is 268 g/mol. The number of likely N-dealkylation sites (tertiary alicyclic amines) is 1. The summed E-state index contributed by atoms with van der Waals surface area (Å²) in [4.78, 5) is 2.68. The van der Waals surface area contributed by atoms with Crippen molar-refractivity contribution in [3.63, 3.8) is 0 Å². The number of nitrogens with one attached hydrogen (secondary N) is 1. The van der Waals surface area contributed by atoms with Crippen molar-refractivity contribution in [2.24, 2.45) is 5.41 Å². The molecule has 0 aromatic carbocycles. The summed E-state index contributed by atoms with van der Waals surface area (Å²) in [5.74, 6) is 0. The zero-order valence-corrected chi connectivity index (χ0v) is 13.2. The second-order valence-electron chi connectivity index (χ2n) is 7.87. The number of hydrogen-bond donors (Lipinski definition) is 2. The number of piperidine rings is 1. The Morgan fingerprint density at radius 1 is 1.32 bits per heavy atom.